The molecule has 0 spiro atoms. The molecule has 10 nitrogen and oxygen atoms in total. The molecule has 11 heteroatoms. The van der Waals surface area contributed by atoms with Gasteiger partial charge in [-0.05, 0) is 87.3 Å². The molecule has 46 heavy (non-hydrogen) atoms. The van der Waals surface area contributed by atoms with Crippen molar-refractivity contribution >= 4 is 37.6 Å². The number of carbonyl (C=O) groups excluding carboxylic acids is 2. The van der Waals surface area contributed by atoms with E-state index in [2.05, 4.69) is 62.5 Å². The number of nitrogens with zero attached hydrogens (tertiary/aromatic N) is 4. The maximum absolute atomic E-state index is 13.5. The van der Waals surface area contributed by atoms with Crippen LogP contribution in [0.5, 0.6) is 0 Å². The Morgan fingerprint density at radius 3 is 2.41 bits per heavy atom. The minimum Gasteiger partial charge on any atom is -0.443 e. The first-order valence-corrected chi connectivity index (χ1v) is 18.4. The minimum atomic E-state index is -2.14. The lowest BCUT2D eigenvalue weighted by Gasteiger charge is -2.39. The predicted octanol–water partition coefficient (Wildman–Crippen LogP) is 7.46. The molecule has 4 rings (SSSR count). The lowest BCUT2D eigenvalue weighted by Crippen LogP contribution is -2.46. The van der Waals surface area contributed by atoms with Gasteiger partial charge in [-0.2, -0.15) is 5.26 Å². The SMILES string of the molecule is CNC(=O)c1ccc(C)c(Nc2nccc(-c3cc(C#N)c4c(c3)[C@@](C)(CO[Si](C)(C)C(C)(C)C)CN4C(=O)OC(C)(C)C)n2)c1. The van der Waals surface area contributed by atoms with Gasteiger partial charge in [0.25, 0.3) is 5.91 Å². The van der Waals surface area contributed by atoms with Crippen molar-refractivity contribution in [2.75, 3.05) is 30.4 Å². The van der Waals surface area contributed by atoms with E-state index < -0.39 is 25.4 Å². The first-order valence-electron chi connectivity index (χ1n) is 15.4. The van der Waals surface area contributed by atoms with Gasteiger partial charge in [-0.15, -0.1) is 0 Å². The molecule has 0 unspecified atom stereocenters. The standard InChI is InChI=1S/C35H46N6O4Si/c1-22-12-13-23(30(42)37-9)18-28(22)40-31-38-15-14-27(39-31)24-16-25(19-36)29-26(17-24)35(8,21-44-46(10,11)34(5,6)7)20-41(29)32(43)45-33(2,3)4/h12-18H,20-21H2,1-11H3,(H,37,42)(H,38,39,40)/t35-/m1/s1. The van der Waals surface area contributed by atoms with E-state index in [0.717, 1.165) is 11.1 Å². The summed E-state index contributed by atoms with van der Waals surface area (Å²) in [5.74, 6) is 0.147. The third-order valence-electron chi connectivity index (χ3n) is 8.75. The third-order valence-corrected chi connectivity index (χ3v) is 13.2. The van der Waals surface area contributed by atoms with Crippen LogP contribution in [0.1, 0.15) is 75.5 Å². The summed E-state index contributed by atoms with van der Waals surface area (Å²) in [6, 6.07) is 13.2. The number of aryl methyl sites for hydroxylation is 1. The molecule has 0 bridgehead atoms. The van der Waals surface area contributed by atoms with E-state index >= 15 is 0 Å². The lowest BCUT2D eigenvalue weighted by molar-refractivity contribution is 0.0575. The summed E-state index contributed by atoms with van der Waals surface area (Å²) < 4.78 is 12.5. The normalized spacial score (nSPS) is 16.4. The summed E-state index contributed by atoms with van der Waals surface area (Å²) in [4.78, 5) is 36.5. The smallest absolute Gasteiger partial charge is 0.414 e. The fraction of sp³-hybridized carbons (Fsp3) is 0.457. The first kappa shape index (κ1) is 34.6. The molecule has 1 aliphatic heterocycles. The van der Waals surface area contributed by atoms with Crippen LogP contribution in [0.25, 0.3) is 11.3 Å². The molecule has 2 heterocycles. The van der Waals surface area contributed by atoms with Crippen molar-refractivity contribution in [3.63, 3.8) is 0 Å². The Bertz CT molecular complexity index is 1700. The molecule has 0 fully saturated rings. The number of benzene rings is 2. The largest absolute Gasteiger partial charge is 0.443 e. The van der Waals surface area contributed by atoms with Gasteiger partial charge in [-0.3, -0.25) is 9.69 Å². The van der Waals surface area contributed by atoms with Crippen LogP contribution < -0.4 is 15.5 Å². The van der Waals surface area contributed by atoms with Crippen molar-refractivity contribution in [3.8, 4) is 17.3 Å². The van der Waals surface area contributed by atoms with E-state index in [9.17, 15) is 14.9 Å². The minimum absolute atomic E-state index is 0.00210. The highest BCUT2D eigenvalue weighted by atomic mass is 28.4. The van der Waals surface area contributed by atoms with Crippen LogP contribution >= 0.6 is 0 Å². The van der Waals surface area contributed by atoms with Crippen LogP contribution in [0.3, 0.4) is 0 Å². The van der Waals surface area contributed by atoms with Gasteiger partial charge in [0.1, 0.15) is 11.7 Å². The van der Waals surface area contributed by atoms with E-state index in [1.165, 1.54) is 0 Å². The van der Waals surface area contributed by atoms with Crippen molar-refractivity contribution in [3.05, 3.63) is 64.8 Å². The van der Waals surface area contributed by atoms with Gasteiger partial charge in [0.2, 0.25) is 5.95 Å². The number of amides is 2. The van der Waals surface area contributed by atoms with Crippen molar-refractivity contribution in [2.45, 2.75) is 84.5 Å². The Hall–Kier alpha value is -4.27. The van der Waals surface area contributed by atoms with Gasteiger partial charge >= 0.3 is 6.09 Å². The number of ether oxygens (including phenoxy) is 1. The molecule has 3 aromatic rings. The fourth-order valence-electron chi connectivity index (χ4n) is 5.03. The van der Waals surface area contributed by atoms with Crippen LogP contribution in [0.4, 0.5) is 22.1 Å². The Kier molecular flexibility index (Phi) is 9.40. The van der Waals surface area contributed by atoms with Crippen molar-refractivity contribution < 1.29 is 18.8 Å². The topological polar surface area (TPSA) is 129 Å². The number of nitriles is 1. The highest BCUT2D eigenvalue weighted by molar-refractivity contribution is 6.74. The van der Waals surface area contributed by atoms with E-state index in [4.69, 9.17) is 14.1 Å². The average molecular weight is 643 g/mol. The second kappa shape index (κ2) is 12.5. The van der Waals surface area contributed by atoms with E-state index in [0.29, 0.717) is 52.9 Å². The molecule has 244 valence electrons. The summed E-state index contributed by atoms with van der Waals surface area (Å²) in [7, 11) is -0.556. The molecule has 0 radical (unpaired) electrons. The lowest BCUT2D eigenvalue weighted by atomic mass is 9.83. The van der Waals surface area contributed by atoms with Gasteiger partial charge in [0, 0.05) is 48.6 Å². The predicted molar refractivity (Wildman–Crippen MR) is 184 cm³/mol. The third kappa shape index (κ3) is 7.24. The number of fused-ring (bicyclic) bond motifs is 1. The zero-order chi connectivity index (χ0) is 34.2. The molecular formula is C35H46N6O4Si. The molecule has 0 aliphatic carbocycles. The number of carbonyl (C=O) groups is 2. The van der Waals surface area contributed by atoms with Gasteiger partial charge in [-0.25, -0.2) is 14.8 Å². The highest BCUT2D eigenvalue weighted by Crippen LogP contribution is 2.47. The van der Waals surface area contributed by atoms with Crippen molar-refractivity contribution in [1.82, 2.24) is 15.3 Å². The van der Waals surface area contributed by atoms with Crippen LogP contribution in [-0.2, 0) is 14.6 Å². The zero-order valence-corrected chi connectivity index (χ0v) is 29.9. The number of rotatable bonds is 7. The van der Waals surface area contributed by atoms with Gasteiger partial charge in [0.15, 0.2) is 8.32 Å². The van der Waals surface area contributed by atoms with E-state index in [-0.39, 0.29) is 10.9 Å². The first-order chi connectivity index (χ1) is 21.3. The number of hydrogen-bond donors (Lipinski definition) is 2. The Morgan fingerprint density at radius 2 is 1.80 bits per heavy atom. The summed E-state index contributed by atoms with van der Waals surface area (Å²) in [6.07, 6.45) is 1.14. The second-order valence-electron chi connectivity index (χ2n) is 14.7. The van der Waals surface area contributed by atoms with E-state index in [1.54, 1.807) is 42.4 Å². The van der Waals surface area contributed by atoms with Crippen LogP contribution in [-0.4, -0.2) is 56.1 Å². The number of aromatic nitrogens is 2. The summed E-state index contributed by atoms with van der Waals surface area (Å²) in [5, 5.41) is 16.3. The molecule has 1 aliphatic rings. The monoisotopic (exact) mass is 642 g/mol. The Balaban J connectivity index is 1.79. The Morgan fingerprint density at radius 1 is 1.11 bits per heavy atom. The number of hydrogen-bond acceptors (Lipinski definition) is 8. The molecule has 0 saturated heterocycles. The summed E-state index contributed by atoms with van der Waals surface area (Å²) in [6.45, 7) is 21.2. The maximum Gasteiger partial charge on any atom is 0.414 e. The van der Waals surface area contributed by atoms with E-state index in [1.807, 2.05) is 39.8 Å². The van der Waals surface area contributed by atoms with Crippen molar-refractivity contribution in [2.24, 2.45) is 0 Å². The quantitative estimate of drug-likeness (QED) is 0.254. The summed E-state index contributed by atoms with van der Waals surface area (Å²) in [5.41, 5.74) is 3.83. The highest BCUT2D eigenvalue weighted by Gasteiger charge is 2.47. The van der Waals surface area contributed by atoms with Gasteiger partial charge in [-0.1, -0.05) is 33.8 Å². The van der Waals surface area contributed by atoms with Crippen LogP contribution in [0.15, 0.2) is 42.6 Å². The number of anilines is 3. The van der Waals surface area contributed by atoms with Crippen LogP contribution in [0.2, 0.25) is 18.1 Å². The van der Waals surface area contributed by atoms with Gasteiger partial charge < -0.3 is 19.8 Å². The van der Waals surface area contributed by atoms with Crippen LogP contribution in [0, 0.1) is 18.3 Å². The zero-order valence-electron chi connectivity index (χ0n) is 28.9. The molecule has 2 amide bonds. The molecule has 2 aromatic carbocycles. The fourth-order valence-corrected chi connectivity index (χ4v) is 6.14. The summed E-state index contributed by atoms with van der Waals surface area (Å²) >= 11 is 0. The van der Waals surface area contributed by atoms with Crippen molar-refractivity contribution in [1.29, 1.82) is 5.26 Å². The molecule has 2 N–H and O–H groups in total. The molecule has 0 saturated carbocycles. The molecule has 1 aromatic heterocycles. The Labute approximate surface area is 273 Å². The average Bonchev–Trinajstić information content (AvgIpc) is 3.28. The molecule has 1 atom stereocenters. The maximum atomic E-state index is 13.5. The van der Waals surface area contributed by atoms with Gasteiger partial charge in [0.05, 0.1) is 16.9 Å². The molecular weight excluding hydrogens is 597 g/mol. The number of nitrogens with one attached hydrogen (secondary N) is 2. The second-order valence-corrected chi connectivity index (χ2v) is 19.5.